The highest BCUT2D eigenvalue weighted by molar-refractivity contribution is 7.49. The first kappa shape index (κ1) is 10.3. The van der Waals surface area contributed by atoms with E-state index >= 15 is 0 Å². The van der Waals surface area contributed by atoms with Crippen molar-refractivity contribution in [1.82, 2.24) is 4.98 Å². The van der Waals surface area contributed by atoms with Crippen molar-refractivity contribution in [3.8, 4) is 0 Å². The summed E-state index contributed by atoms with van der Waals surface area (Å²) in [5, 5.41) is 1.95. The van der Waals surface area contributed by atoms with E-state index < -0.39 is 13.7 Å². The molecule has 0 saturated heterocycles. The Morgan fingerprint density at radius 3 is 3.23 bits per heavy atom. The lowest BCUT2D eigenvalue weighted by atomic mass is 10.7. The Hall–Kier alpha value is -0.770. The molecule has 70 valence electrons. The Morgan fingerprint density at radius 1 is 1.92 bits per heavy atom. The van der Waals surface area contributed by atoms with Crippen LogP contribution in [0.2, 0.25) is 0 Å². The predicted molar refractivity (Wildman–Crippen MR) is 51.1 cm³/mol. The van der Waals surface area contributed by atoms with Crippen molar-refractivity contribution in [2.45, 2.75) is 6.92 Å². The molecule has 1 aromatic rings. The first-order valence-corrected chi connectivity index (χ1v) is 6.01. The molecule has 1 unspecified atom stereocenters. The van der Waals surface area contributed by atoms with Crippen LogP contribution in [0.4, 0.5) is 0 Å². The number of nitrogens with zero attached hydrogens (tertiary/aromatic N) is 1. The molecule has 0 aliphatic carbocycles. The second-order valence-electron chi connectivity index (χ2n) is 2.08. The maximum absolute atomic E-state index is 11.1. The third-order valence-corrected chi connectivity index (χ3v) is 2.91. The molecule has 0 N–H and O–H groups in total. The van der Waals surface area contributed by atoms with E-state index in [1.807, 2.05) is 0 Å². The quantitative estimate of drug-likeness (QED) is 0.556. The normalized spacial score (nSPS) is 11.4. The SMILES string of the molecule is CC[P+]([O-])=COC(=O)c1nccs1. The van der Waals surface area contributed by atoms with Crippen LogP contribution >= 0.6 is 19.1 Å². The molecule has 0 aliphatic heterocycles. The Bertz CT molecular complexity index is 310. The average Bonchev–Trinajstić information content (AvgIpc) is 2.66. The van der Waals surface area contributed by atoms with E-state index in [4.69, 9.17) is 0 Å². The third kappa shape index (κ3) is 3.22. The van der Waals surface area contributed by atoms with Gasteiger partial charge < -0.3 is 9.63 Å². The smallest absolute Gasteiger partial charge is 0.375 e. The summed E-state index contributed by atoms with van der Waals surface area (Å²) in [4.78, 5) is 25.7. The van der Waals surface area contributed by atoms with Gasteiger partial charge in [-0.05, 0) is 6.92 Å². The summed E-state index contributed by atoms with van der Waals surface area (Å²) < 4.78 is 4.64. The highest BCUT2D eigenvalue weighted by Gasteiger charge is 2.09. The van der Waals surface area contributed by atoms with Crippen molar-refractivity contribution in [2.75, 3.05) is 6.16 Å². The van der Waals surface area contributed by atoms with Gasteiger partial charge in [0.2, 0.25) is 5.01 Å². The van der Waals surface area contributed by atoms with Crippen molar-refractivity contribution in [2.24, 2.45) is 0 Å². The molecule has 0 aliphatic rings. The van der Waals surface area contributed by atoms with Gasteiger partial charge in [0, 0.05) is 11.6 Å². The molecule has 0 bridgehead atoms. The van der Waals surface area contributed by atoms with Crippen molar-refractivity contribution in [3.63, 3.8) is 0 Å². The lowest BCUT2D eigenvalue weighted by Gasteiger charge is -1.94. The summed E-state index contributed by atoms with van der Waals surface area (Å²) in [6.07, 6.45) is 1.99. The monoisotopic (exact) mass is 217 g/mol. The molecule has 4 nitrogen and oxygen atoms in total. The zero-order valence-corrected chi connectivity index (χ0v) is 8.68. The lowest BCUT2D eigenvalue weighted by Crippen LogP contribution is -2.04. The first-order chi connectivity index (χ1) is 6.24. The zero-order valence-electron chi connectivity index (χ0n) is 6.97. The number of hydrogen-bond acceptors (Lipinski definition) is 5. The number of rotatable bonds is 3. The van der Waals surface area contributed by atoms with Crippen LogP contribution in [0.25, 0.3) is 0 Å². The van der Waals surface area contributed by atoms with Crippen LogP contribution in [0, 0.1) is 0 Å². The molecule has 13 heavy (non-hydrogen) atoms. The van der Waals surface area contributed by atoms with E-state index in [0.29, 0.717) is 6.16 Å². The lowest BCUT2D eigenvalue weighted by molar-refractivity contribution is -0.152. The molecule has 0 aromatic carbocycles. The van der Waals surface area contributed by atoms with Crippen LogP contribution in [-0.4, -0.2) is 23.1 Å². The fourth-order valence-corrected chi connectivity index (χ4v) is 1.43. The second-order valence-corrected chi connectivity index (χ2v) is 4.65. The average molecular weight is 217 g/mol. The summed E-state index contributed by atoms with van der Waals surface area (Å²) in [7, 11) is -1.53. The summed E-state index contributed by atoms with van der Waals surface area (Å²) in [5.74, 6) is 0.519. The molecule has 0 fully saturated rings. The maximum atomic E-state index is 11.1. The van der Waals surface area contributed by atoms with Gasteiger partial charge in [-0.3, -0.25) is 0 Å². The molecule has 0 radical (unpaired) electrons. The van der Waals surface area contributed by atoms with Crippen molar-refractivity contribution >= 4 is 31.1 Å². The summed E-state index contributed by atoms with van der Waals surface area (Å²) in [6.45, 7) is 1.76. The summed E-state index contributed by atoms with van der Waals surface area (Å²) in [5.41, 5.74) is 0. The van der Waals surface area contributed by atoms with Gasteiger partial charge in [0.05, 0.1) is 7.77 Å². The van der Waals surface area contributed by atoms with E-state index in [2.05, 4.69) is 9.72 Å². The van der Waals surface area contributed by atoms with E-state index in [1.54, 1.807) is 12.3 Å². The third-order valence-electron chi connectivity index (χ3n) is 1.20. The van der Waals surface area contributed by atoms with Crippen molar-refractivity contribution in [3.05, 3.63) is 16.6 Å². The van der Waals surface area contributed by atoms with Gasteiger partial charge in [-0.25, -0.2) is 9.78 Å². The van der Waals surface area contributed by atoms with Gasteiger partial charge in [0.15, 0.2) is 0 Å². The molecular weight excluding hydrogens is 209 g/mol. The topological polar surface area (TPSA) is 62.2 Å². The van der Waals surface area contributed by atoms with Gasteiger partial charge >= 0.3 is 5.97 Å². The van der Waals surface area contributed by atoms with Gasteiger partial charge in [0.1, 0.15) is 6.16 Å². The van der Waals surface area contributed by atoms with Gasteiger partial charge in [-0.1, -0.05) is 0 Å². The Labute approximate surface area is 80.7 Å². The molecule has 1 atom stereocenters. The van der Waals surface area contributed by atoms with E-state index in [0.717, 1.165) is 5.98 Å². The number of aromatic nitrogens is 1. The molecule has 6 heteroatoms. The van der Waals surface area contributed by atoms with Crippen LogP contribution in [0.15, 0.2) is 11.6 Å². The Balaban J connectivity index is 2.52. The van der Waals surface area contributed by atoms with Crippen LogP contribution in [0.3, 0.4) is 0 Å². The predicted octanol–water partition coefficient (Wildman–Crippen LogP) is 0.837. The number of carbonyl (C=O) groups excluding carboxylic acids is 1. The summed E-state index contributed by atoms with van der Waals surface area (Å²) in [6, 6.07) is 0. The fourth-order valence-electron chi connectivity index (χ4n) is 0.556. The number of hydrogen-bond donors (Lipinski definition) is 0. The second kappa shape index (κ2) is 5.07. The minimum atomic E-state index is -1.53. The summed E-state index contributed by atoms with van der Waals surface area (Å²) >= 11 is 1.19. The highest BCUT2D eigenvalue weighted by atomic mass is 32.1. The number of thiazole rings is 1. The molecular formula is C7H8NO3PS. The van der Waals surface area contributed by atoms with Gasteiger partial charge in [0.25, 0.3) is 5.98 Å². The largest absolute Gasteiger partial charge is 0.628 e. The van der Waals surface area contributed by atoms with Crippen LogP contribution in [0.5, 0.6) is 0 Å². The van der Waals surface area contributed by atoms with Crippen LogP contribution in [-0.2, 0) is 4.74 Å². The highest BCUT2D eigenvalue weighted by Crippen LogP contribution is 2.09. The zero-order chi connectivity index (χ0) is 9.68. The molecule has 0 saturated carbocycles. The standard InChI is InChI=1S/C7H8NO3PS/c1-2-12(10)5-11-7(9)6-8-3-4-13-6/h3-5H,2H2,1H3. The molecule has 0 spiro atoms. The van der Waals surface area contributed by atoms with Crippen LogP contribution < -0.4 is 4.89 Å². The molecule has 1 aromatic heterocycles. The minimum absolute atomic E-state index is 0.274. The van der Waals surface area contributed by atoms with Gasteiger partial charge in [-0.15, -0.1) is 11.3 Å². The number of carbonyl (C=O) groups is 1. The first-order valence-electron chi connectivity index (χ1n) is 3.61. The van der Waals surface area contributed by atoms with E-state index in [1.165, 1.54) is 17.5 Å². The molecule has 0 amide bonds. The number of esters is 1. The van der Waals surface area contributed by atoms with Gasteiger partial charge in [-0.2, -0.15) is 0 Å². The Morgan fingerprint density at radius 2 is 2.69 bits per heavy atom. The van der Waals surface area contributed by atoms with Crippen LogP contribution in [0.1, 0.15) is 16.7 Å². The van der Waals surface area contributed by atoms with E-state index in [9.17, 15) is 9.69 Å². The fraction of sp³-hybridized carbons (Fsp3) is 0.286. The molecule has 1 heterocycles. The minimum Gasteiger partial charge on any atom is -0.628 e. The maximum Gasteiger partial charge on any atom is 0.375 e. The number of ether oxygens (including phenoxy) is 1. The Kier molecular flexibility index (Phi) is 4.02. The van der Waals surface area contributed by atoms with E-state index in [-0.39, 0.29) is 5.01 Å². The molecule has 1 rings (SSSR count). The van der Waals surface area contributed by atoms with Crippen molar-refractivity contribution < 1.29 is 14.4 Å². The van der Waals surface area contributed by atoms with Crippen molar-refractivity contribution in [1.29, 1.82) is 0 Å².